The molecule has 10 heteroatoms. The second kappa shape index (κ2) is 5.02. The first-order chi connectivity index (χ1) is 7.63. The minimum Gasteiger partial charge on any atom is -0.305 e. The Balaban J connectivity index is 2.49. The summed E-state index contributed by atoms with van der Waals surface area (Å²) >= 11 is 0. The Hall–Kier alpha value is -0.480. The topological polar surface area (TPSA) is 58.2 Å². The summed E-state index contributed by atoms with van der Waals surface area (Å²) < 4.78 is 83.8. The lowest BCUT2D eigenvalue weighted by atomic mass is 10.0. The molecule has 0 spiro atoms. The molecule has 0 radical (unpaired) electrons. The fourth-order valence-corrected chi connectivity index (χ4v) is 2.29. The third-order valence-electron chi connectivity index (χ3n) is 2.38. The Labute approximate surface area is 94.6 Å². The number of piperidine rings is 1. The van der Waals surface area contributed by atoms with E-state index in [1.165, 1.54) is 0 Å². The van der Waals surface area contributed by atoms with Gasteiger partial charge in [0.1, 0.15) is 6.04 Å². The van der Waals surface area contributed by atoms with Crippen molar-refractivity contribution >= 4 is 10.0 Å². The Morgan fingerprint density at radius 2 is 1.82 bits per heavy atom. The van der Waals surface area contributed by atoms with Gasteiger partial charge in [-0.3, -0.25) is 0 Å². The highest BCUT2D eigenvalue weighted by molar-refractivity contribution is 7.89. The zero-order valence-electron chi connectivity index (χ0n) is 8.47. The summed E-state index contributed by atoms with van der Waals surface area (Å²) in [6, 6.07) is -2.65. The van der Waals surface area contributed by atoms with Crippen LogP contribution in [0.1, 0.15) is 12.8 Å². The Kier molecular flexibility index (Phi) is 4.31. The number of hydrogen-bond donors (Lipinski definition) is 2. The van der Waals surface area contributed by atoms with Crippen LogP contribution in [0.15, 0.2) is 0 Å². The maximum absolute atomic E-state index is 12.2. The highest BCUT2D eigenvalue weighted by Crippen LogP contribution is 2.26. The maximum Gasteiger partial charge on any atom is 0.403 e. The molecule has 0 aromatic carbocycles. The lowest BCUT2D eigenvalue weighted by molar-refractivity contribution is -0.160. The molecule has 0 bridgehead atoms. The molecule has 2 unspecified atom stereocenters. The van der Waals surface area contributed by atoms with Crippen molar-refractivity contribution in [3.8, 4) is 0 Å². The lowest BCUT2D eigenvalue weighted by Crippen LogP contribution is -2.54. The third-order valence-corrected chi connectivity index (χ3v) is 3.51. The van der Waals surface area contributed by atoms with E-state index in [9.17, 15) is 30.4 Å². The molecule has 17 heavy (non-hydrogen) atoms. The molecule has 1 rings (SSSR count). The summed E-state index contributed by atoms with van der Waals surface area (Å²) in [5.41, 5.74) is 0. The van der Waals surface area contributed by atoms with Crippen molar-refractivity contribution in [1.29, 1.82) is 0 Å². The van der Waals surface area contributed by atoms with Gasteiger partial charge in [0.15, 0.2) is 0 Å². The van der Waals surface area contributed by atoms with Crippen LogP contribution >= 0.6 is 0 Å². The molecule has 0 amide bonds. The van der Waals surface area contributed by atoms with Crippen LogP contribution in [0.25, 0.3) is 0 Å². The van der Waals surface area contributed by atoms with E-state index >= 15 is 0 Å². The summed E-state index contributed by atoms with van der Waals surface area (Å²) in [5.74, 6) is -3.58. The first-order valence-electron chi connectivity index (χ1n) is 4.72. The smallest absolute Gasteiger partial charge is 0.305 e. The number of halogens is 5. The van der Waals surface area contributed by atoms with E-state index in [-0.39, 0.29) is 19.4 Å². The van der Waals surface area contributed by atoms with Gasteiger partial charge in [-0.25, -0.2) is 13.1 Å². The molecular formula is C7H11F5N2O2S. The maximum atomic E-state index is 12.2. The van der Waals surface area contributed by atoms with Crippen molar-refractivity contribution in [3.05, 3.63) is 0 Å². The van der Waals surface area contributed by atoms with Gasteiger partial charge in [0, 0.05) is 12.6 Å². The molecule has 2 atom stereocenters. The third kappa shape index (κ3) is 4.03. The van der Waals surface area contributed by atoms with Crippen LogP contribution in [-0.4, -0.2) is 39.0 Å². The van der Waals surface area contributed by atoms with Crippen LogP contribution in [0.2, 0.25) is 0 Å². The molecule has 102 valence electrons. The quantitative estimate of drug-likeness (QED) is 0.753. The van der Waals surface area contributed by atoms with E-state index in [0.717, 1.165) is 0 Å². The number of sulfonamides is 1. The molecule has 2 N–H and O–H groups in total. The molecule has 0 saturated carbocycles. The molecule has 1 fully saturated rings. The first-order valence-corrected chi connectivity index (χ1v) is 6.27. The summed E-state index contributed by atoms with van der Waals surface area (Å²) in [4.78, 5) is 0. The predicted octanol–water partition coefficient (Wildman–Crippen LogP) is 0.811. The van der Waals surface area contributed by atoms with Crippen LogP contribution in [-0.2, 0) is 10.0 Å². The first kappa shape index (κ1) is 14.6. The van der Waals surface area contributed by atoms with E-state index < -0.39 is 34.0 Å². The average molecular weight is 282 g/mol. The van der Waals surface area contributed by atoms with Gasteiger partial charge >= 0.3 is 11.9 Å². The Bertz CT molecular complexity index is 348. The van der Waals surface area contributed by atoms with Gasteiger partial charge in [-0.05, 0) is 12.8 Å². The molecule has 0 aromatic heterocycles. The molecule has 0 aliphatic carbocycles. The molecule has 1 aliphatic rings. The van der Waals surface area contributed by atoms with E-state index in [4.69, 9.17) is 0 Å². The van der Waals surface area contributed by atoms with Crippen molar-refractivity contribution in [1.82, 2.24) is 10.0 Å². The summed E-state index contributed by atoms with van der Waals surface area (Å²) in [6.07, 6.45) is -4.89. The van der Waals surface area contributed by atoms with Crippen LogP contribution in [0.3, 0.4) is 0 Å². The standard InChI is InChI=1S/C7H11F5N2O2S/c8-6(9)17(15,16)14-4-1-2-5(13-3-4)7(10,11)12/h4-6,13-14H,1-3H2. The number of rotatable bonds is 3. The van der Waals surface area contributed by atoms with Gasteiger partial charge in [-0.1, -0.05) is 0 Å². The summed E-state index contributed by atoms with van der Waals surface area (Å²) in [6.45, 7) is -0.323. The van der Waals surface area contributed by atoms with Gasteiger partial charge in [0.2, 0.25) is 0 Å². The normalized spacial score (nSPS) is 27.4. The second-order valence-electron chi connectivity index (χ2n) is 3.70. The van der Waals surface area contributed by atoms with E-state index in [1.807, 2.05) is 0 Å². The van der Waals surface area contributed by atoms with Crippen LogP contribution in [0.4, 0.5) is 22.0 Å². The van der Waals surface area contributed by atoms with E-state index in [2.05, 4.69) is 5.32 Å². The average Bonchev–Trinajstić information content (AvgIpc) is 2.16. The van der Waals surface area contributed by atoms with Gasteiger partial charge in [0.25, 0.3) is 10.0 Å². The van der Waals surface area contributed by atoms with Crippen LogP contribution < -0.4 is 10.0 Å². The van der Waals surface area contributed by atoms with Crippen LogP contribution in [0, 0.1) is 0 Å². The fraction of sp³-hybridized carbons (Fsp3) is 1.00. The second-order valence-corrected chi connectivity index (χ2v) is 5.38. The van der Waals surface area contributed by atoms with E-state index in [0.29, 0.717) is 0 Å². The van der Waals surface area contributed by atoms with Crippen molar-refractivity contribution < 1.29 is 30.4 Å². The SMILES string of the molecule is O=S(=O)(NC1CCC(C(F)(F)F)NC1)C(F)F. The van der Waals surface area contributed by atoms with Crippen molar-refractivity contribution in [2.24, 2.45) is 0 Å². The highest BCUT2D eigenvalue weighted by atomic mass is 32.2. The minimum absolute atomic E-state index is 0.136. The van der Waals surface area contributed by atoms with Gasteiger partial charge in [-0.15, -0.1) is 0 Å². The summed E-state index contributed by atoms with van der Waals surface area (Å²) in [5, 5.41) is 2.07. The Morgan fingerprint density at radius 1 is 1.24 bits per heavy atom. The zero-order valence-corrected chi connectivity index (χ0v) is 9.28. The molecule has 1 aliphatic heterocycles. The van der Waals surface area contributed by atoms with Gasteiger partial charge in [0.05, 0.1) is 0 Å². The minimum atomic E-state index is -4.76. The van der Waals surface area contributed by atoms with Crippen LogP contribution in [0.5, 0.6) is 0 Å². The molecule has 1 heterocycles. The van der Waals surface area contributed by atoms with Crippen molar-refractivity contribution in [2.75, 3.05) is 6.54 Å². The highest BCUT2D eigenvalue weighted by Gasteiger charge is 2.42. The van der Waals surface area contributed by atoms with Crippen molar-refractivity contribution in [2.45, 2.75) is 36.9 Å². The van der Waals surface area contributed by atoms with E-state index in [1.54, 1.807) is 4.72 Å². The van der Waals surface area contributed by atoms with Crippen molar-refractivity contribution in [3.63, 3.8) is 0 Å². The lowest BCUT2D eigenvalue weighted by Gasteiger charge is -2.31. The monoisotopic (exact) mass is 282 g/mol. The number of nitrogens with one attached hydrogen (secondary N) is 2. The molecule has 1 saturated heterocycles. The molecule has 4 nitrogen and oxygen atoms in total. The van der Waals surface area contributed by atoms with Gasteiger partial charge < -0.3 is 5.32 Å². The number of alkyl halides is 5. The largest absolute Gasteiger partial charge is 0.403 e. The fourth-order valence-electron chi connectivity index (χ4n) is 1.52. The molecule has 0 aromatic rings. The molecular weight excluding hydrogens is 271 g/mol. The van der Waals surface area contributed by atoms with Gasteiger partial charge in [-0.2, -0.15) is 22.0 Å². The number of hydrogen-bond acceptors (Lipinski definition) is 3. The zero-order chi connectivity index (χ0) is 13.3. The Morgan fingerprint density at radius 3 is 2.18 bits per heavy atom. The predicted molar refractivity (Wildman–Crippen MR) is 48.9 cm³/mol. The summed E-state index contributed by atoms with van der Waals surface area (Å²) in [7, 11) is -4.76.